The van der Waals surface area contributed by atoms with Crippen molar-refractivity contribution >= 4 is 28.6 Å². The van der Waals surface area contributed by atoms with Gasteiger partial charge in [0.25, 0.3) is 0 Å². The van der Waals surface area contributed by atoms with E-state index in [1.807, 2.05) is 24.3 Å². The number of thiophene rings is 1. The summed E-state index contributed by atoms with van der Waals surface area (Å²) in [6.45, 7) is 2.05. The van der Waals surface area contributed by atoms with E-state index in [1.54, 1.807) is 23.6 Å². The van der Waals surface area contributed by atoms with Crippen molar-refractivity contribution in [3.05, 3.63) is 45.4 Å². The van der Waals surface area contributed by atoms with Crippen molar-refractivity contribution in [1.29, 1.82) is 5.26 Å². The van der Waals surface area contributed by atoms with Crippen molar-refractivity contribution in [2.24, 2.45) is 0 Å². The molecule has 17 heavy (non-hydrogen) atoms. The van der Waals surface area contributed by atoms with Gasteiger partial charge in [-0.3, -0.25) is 0 Å². The Hall–Kier alpha value is -1.57. The number of aromatic nitrogens is 1. The summed E-state index contributed by atoms with van der Waals surface area (Å²) in [5, 5.41) is 12.1. The van der Waals surface area contributed by atoms with Crippen LogP contribution in [-0.2, 0) is 0 Å². The second-order valence-corrected chi connectivity index (χ2v) is 5.30. The lowest BCUT2D eigenvalue weighted by molar-refractivity contribution is 0.907. The third-order valence-corrected chi connectivity index (χ3v) is 3.69. The molecule has 0 saturated heterocycles. The fourth-order valence-corrected chi connectivity index (χ4v) is 2.53. The van der Waals surface area contributed by atoms with Crippen LogP contribution in [0.1, 0.15) is 23.5 Å². The first kappa shape index (κ1) is 11.9. The van der Waals surface area contributed by atoms with Gasteiger partial charge in [0, 0.05) is 16.8 Å². The molecule has 0 aliphatic carbocycles. The zero-order valence-corrected chi connectivity index (χ0v) is 10.7. The van der Waals surface area contributed by atoms with E-state index in [2.05, 4.69) is 17.2 Å². The average Bonchev–Trinajstić information content (AvgIpc) is 2.76. The molecule has 0 amide bonds. The minimum absolute atomic E-state index is 0.154. The Morgan fingerprint density at radius 2 is 2.29 bits per heavy atom. The van der Waals surface area contributed by atoms with Crippen molar-refractivity contribution in [2.45, 2.75) is 13.0 Å². The number of halogens is 1. The van der Waals surface area contributed by atoms with Crippen molar-refractivity contribution in [1.82, 2.24) is 4.98 Å². The van der Waals surface area contributed by atoms with Gasteiger partial charge in [0.1, 0.15) is 11.8 Å². The van der Waals surface area contributed by atoms with Gasteiger partial charge in [0.15, 0.2) is 0 Å². The molecule has 0 aliphatic heterocycles. The summed E-state index contributed by atoms with van der Waals surface area (Å²) in [5.41, 5.74) is 1.29. The van der Waals surface area contributed by atoms with Crippen LogP contribution in [0.3, 0.4) is 0 Å². The zero-order valence-electron chi connectivity index (χ0n) is 9.14. The van der Waals surface area contributed by atoms with E-state index < -0.39 is 0 Å². The van der Waals surface area contributed by atoms with Gasteiger partial charge in [-0.25, -0.2) is 4.98 Å². The Labute approximate surface area is 109 Å². The van der Waals surface area contributed by atoms with E-state index in [0.717, 1.165) is 14.9 Å². The van der Waals surface area contributed by atoms with Gasteiger partial charge in [0.05, 0.1) is 10.4 Å². The molecule has 5 heteroatoms. The van der Waals surface area contributed by atoms with Gasteiger partial charge < -0.3 is 5.32 Å². The van der Waals surface area contributed by atoms with Gasteiger partial charge in [0.2, 0.25) is 0 Å². The Balaban J connectivity index is 2.13. The van der Waals surface area contributed by atoms with Gasteiger partial charge in [-0.05, 0) is 31.2 Å². The van der Waals surface area contributed by atoms with E-state index in [-0.39, 0.29) is 6.04 Å². The third-order valence-electron chi connectivity index (χ3n) is 2.28. The lowest BCUT2D eigenvalue weighted by atomic mass is 10.2. The Bertz CT molecular complexity index is 559. The molecule has 86 valence electrons. The monoisotopic (exact) mass is 263 g/mol. The molecule has 0 saturated carbocycles. The summed E-state index contributed by atoms with van der Waals surface area (Å²) in [6.07, 6.45) is 1.62. The molecule has 1 atom stereocenters. The topological polar surface area (TPSA) is 48.7 Å². The summed E-state index contributed by atoms with van der Waals surface area (Å²) in [6, 6.07) is 9.62. The lowest BCUT2D eigenvalue weighted by Gasteiger charge is -2.13. The molecule has 0 radical (unpaired) electrons. The molecule has 0 bridgehead atoms. The van der Waals surface area contributed by atoms with Crippen LogP contribution in [0.2, 0.25) is 4.34 Å². The number of hydrogen-bond donors (Lipinski definition) is 1. The van der Waals surface area contributed by atoms with E-state index >= 15 is 0 Å². The molecule has 0 aromatic carbocycles. The molecule has 0 aliphatic rings. The van der Waals surface area contributed by atoms with Crippen LogP contribution in [-0.4, -0.2) is 4.98 Å². The molecule has 1 N–H and O–H groups in total. The van der Waals surface area contributed by atoms with E-state index in [4.69, 9.17) is 16.9 Å². The molecule has 2 heterocycles. The molecule has 2 aromatic rings. The fourth-order valence-electron chi connectivity index (χ4n) is 1.46. The minimum Gasteiger partial charge on any atom is -0.378 e. The number of rotatable bonds is 3. The second-order valence-electron chi connectivity index (χ2n) is 3.55. The largest absolute Gasteiger partial charge is 0.378 e. The van der Waals surface area contributed by atoms with Crippen LogP contribution < -0.4 is 5.32 Å². The number of hydrogen-bond acceptors (Lipinski definition) is 4. The first-order valence-electron chi connectivity index (χ1n) is 5.07. The molecule has 2 rings (SSSR count). The maximum Gasteiger partial charge on any atom is 0.142 e. The van der Waals surface area contributed by atoms with Gasteiger partial charge in [-0.15, -0.1) is 11.3 Å². The normalized spacial score (nSPS) is 11.8. The highest BCUT2D eigenvalue weighted by Crippen LogP contribution is 2.28. The van der Waals surface area contributed by atoms with Gasteiger partial charge in [-0.1, -0.05) is 11.6 Å². The summed E-state index contributed by atoms with van der Waals surface area (Å²) in [4.78, 5) is 5.08. The SMILES string of the molecule is CC(Nc1ccnc(C#N)c1)c1ccc(Cl)s1. The van der Waals surface area contributed by atoms with Crippen LogP contribution in [0.25, 0.3) is 0 Å². The molecule has 1 unspecified atom stereocenters. The zero-order chi connectivity index (χ0) is 12.3. The molecular formula is C12H10ClN3S. The molecule has 3 nitrogen and oxygen atoms in total. The predicted octanol–water partition coefficient (Wildman–Crippen LogP) is 3.84. The molecular weight excluding hydrogens is 254 g/mol. The lowest BCUT2D eigenvalue weighted by Crippen LogP contribution is -2.05. The Morgan fingerprint density at radius 1 is 1.47 bits per heavy atom. The van der Waals surface area contributed by atoms with Crippen LogP contribution in [0, 0.1) is 11.3 Å². The van der Waals surface area contributed by atoms with Crippen molar-refractivity contribution in [3.8, 4) is 6.07 Å². The summed E-state index contributed by atoms with van der Waals surface area (Å²) >= 11 is 7.44. The van der Waals surface area contributed by atoms with Crippen molar-refractivity contribution in [3.63, 3.8) is 0 Å². The first-order valence-corrected chi connectivity index (χ1v) is 6.26. The van der Waals surface area contributed by atoms with E-state index in [9.17, 15) is 0 Å². The van der Waals surface area contributed by atoms with Crippen LogP contribution in [0.5, 0.6) is 0 Å². The molecule has 0 fully saturated rings. The standard InChI is InChI=1S/C12H10ClN3S/c1-8(11-2-3-12(13)17-11)16-9-4-5-15-10(6-9)7-14/h2-6,8H,1H3,(H,15,16). The van der Waals surface area contributed by atoms with E-state index in [1.165, 1.54) is 0 Å². The fraction of sp³-hybridized carbons (Fsp3) is 0.167. The number of nitrogens with one attached hydrogen (secondary N) is 1. The summed E-state index contributed by atoms with van der Waals surface area (Å²) in [5.74, 6) is 0. The highest BCUT2D eigenvalue weighted by Gasteiger charge is 2.08. The van der Waals surface area contributed by atoms with Gasteiger partial charge in [-0.2, -0.15) is 5.26 Å². The number of nitrogens with zero attached hydrogens (tertiary/aromatic N) is 2. The maximum absolute atomic E-state index is 8.76. The first-order chi connectivity index (χ1) is 8.19. The van der Waals surface area contributed by atoms with Crippen LogP contribution in [0.15, 0.2) is 30.5 Å². The number of nitriles is 1. The quantitative estimate of drug-likeness (QED) is 0.915. The number of pyridine rings is 1. The summed E-state index contributed by atoms with van der Waals surface area (Å²) in [7, 11) is 0. The molecule has 0 spiro atoms. The van der Waals surface area contributed by atoms with Crippen molar-refractivity contribution < 1.29 is 0 Å². The van der Waals surface area contributed by atoms with Crippen LogP contribution in [0.4, 0.5) is 5.69 Å². The minimum atomic E-state index is 0.154. The van der Waals surface area contributed by atoms with Crippen molar-refractivity contribution in [2.75, 3.05) is 5.32 Å². The second kappa shape index (κ2) is 5.17. The Morgan fingerprint density at radius 3 is 2.94 bits per heavy atom. The predicted molar refractivity (Wildman–Crippen MR) is 70.3 cm³/mol. The average molecular weight is 264 g/mol. The molecule has 2 aromatic heterocycles. The third kappa shape index (κ3) is 2.96. The van der Waals surface area contributed by atoms with Gasteiger partial charge >= 0.3 is 0 Å². The highest BCUT2D eigenvalue weighted by atomic mass is 35.5. The Kier molecular flexibility index (Phi) is 3.62. The number of anilines is 1. The smallest absolute Gasteiger partial charge is 0.142 e. The summed E-state index contributed by atoms with van der Waals surface area (Å²) < 4.78 is 0.779. The van der Waals surface area contributed by atoms with Crippen LogP contribution >= 0.6 is 22.9 Å². The highest BCUT2D eigenvalue weighted by molar-refractivity contribution is 7.16. The van der Waals surface area contributed by atoms with E-state index in [0.29, 0.717) is 5.69 Å². The maximum atomic E-state index is 8.76.